The van der Waals surface area contributed by atoms with Crippen LogP contribution in [0.15, 0.2) is 48.7 Å². The molecule has 2 bridgehead atoms. The Labute approximate surface area is 272 Å². The van der Waals surface area contributed by atoms with Crippen molar-refractivity contribution in [3.63, 3.8) is 0 Å². The molecule has 0 fully saturated rings. The topological polar surface area (TPSA) is 110 Å². The first kappa shape index (κ1) is 34.6. The molecule has 4 rings (SSSR count). The van der Waals surface area contributed by atoms with Gasteiger partial charge in [0.15, 0.2) is 5.82 Å². The van der Waals surface area contributed by atoms with E-state index in [9.17, 15) is 18.8 Å². The van der Waals surface area contributed by atoms with Crippen LogP contribution >= 0.6 is 11.6 Å². The van der Waals surface area contributed by atoms with E-state index >= 15 is 4.39 Å². The summed E-state index contributed by atoms with van der Waals surface area (Å²) in [7, 11) is 3.31. The molecule has 3 atom stereocenters. The lowest BCUT2D eigenvalue weighted by Gasteiger charge is -2.26. The molecule has 3 unspecified atom stereocenters. The predicted octanol–water partition coefficient (Wildman–Crippen LogP) is 6.88. The third-order valence-electron chi connectivity index (χ3n) is 8.15. The summed E-state index contributed by atoms with van der Waals surface area (Å²) in [5.74, 6) is -2.28. The van der Waals surface area contributed by atoms with Crippen LogP contribution in [0.3, 0.4) is 0 Å². The summed E-state index contributed by atoms with van der Waals surface area (Å²) < 4.78 is 40.0. The van der Waals surface area contributed by atoms with E-state index in [2.05, 4.69) is 15.6 Å². The summed E-state index contributed by atoms with van der Waals surface area (Å²) in [6.45, 7) is 2.55. The highest BCUT2D eigenvalue weighted by atomic mass is 35.5. The summed E-state index contributed by atoms with van der Waals surface area (Å²) in [6, 6.07) is 10.2. The molecule has 2 aromatic carbocycles. The van der Waals surface area contributed by atoms with Gasteiger partial charge in [-0.3, -0.25) is 14.6 Å². The third kappa shape index (κ3) is 8.31. The molecule has 1 aliphatic heterocycles. The maximum atomic E-state index is 15.0. The van der Waals surface area contributed by atoms with Crippen molar-refractivity contribution >= 4 is 41.3 Å². The third-order valence-corrected chi connectivity index (χ3v) is 8.44. The Kier molecular flexibility index (Phi) is 12.3. The van der Waals surface area contributed by atoms with E-state index < -0.39 is 35.7 Å². The summed E-state index contributed by atoms with van der Waals surface area (Å²) in [5.41, 5.74) is 2.89. The smallest absolute Gasteiger partial charge is 0.328 e. The fourth-order valence-electron chi connectivity index (χ4n) is 5.80. The molecule has 12 heteroatoms. The Bertz CT molecular complexity index is 1540. The second-order valence-corrected chi connectivity index (χ2v) is 11.5. The van der Waals surface area contributed by atoms with E-state index in [1.807, 2.05) is 0 Å². The van der Waals surface area contributed by atoms with Gasteiger partial charge in [0.05, 0.1) is 28.8 Å². The Hall–Kier alpha value is -4.25. The minimum atomic E-state index is -0.914. The predicted molar refractivity (Wildman–Crippen MR) is 173 cm³/mol. The molecule has 0 spiro atoms. The zero-order valence-electron chi connectivity index (χ0n) is 26.2. The average molecular weight is 657 g/mol. The van der Waals surface area contributed by atoms with Crippen molar-refractivity contribution in [2.24, 2.45) is 0 Å². The molecule has 0 aliphatic carbocycles. The Morgan fingerprint density at radius 1 is 1.17 bits per heavy atom. The number of halogens is 3. The molecule has 1 aliphatic rings. The summed E-state index contributed by atoms with van der Waals surface area (Å²) in [5, 5.41) is 6.06. The minimum absolute atomic E-state index is 0.0900. The number of nitrogens with zero attached hydrogens (tertiary/aromatic N) is 2. The summed E-state index contributed by atoms with van der Waals surface area (Å²) in [4.78, 5) is 44.1. The number of hydrogen-bond acceptors (Lipinski definition) is 8. The standard InChI is InChI=1S/C34H39ClF2N4O5/c1-4-45-34(44)28-9-6-5-8-23(29-18-21(15-16-39-29)24-19-22(36)11-13-26(24)40-28)33(43)41(3)17-7-10-30(46-20-42)31-27(38-2)14-12-25(35)32(31)37/h11-16,18-20,23,28,30,38,40H,4-10,17H2,1-3H3. The number of pyridine rings is 1. The van der Waals surface area contributed by atoms with Crippen LogP contribution < -0.4 is 10.6 Å². The number of amides is 1. The van der Waals surface area contributed by atoms with Crippen molar-refractivity contribution in [2.75, 3.05) is 37.9 Å². The number of fused-ring (bicyclic) bond motifs is 4. The molecule has 3 aromatic rings. The maximum Gasteiger partial charge on any atom is 0.328 e. The number of rotatable bonds is 11. The molecule has 2 heterocycles. The zero-order valence-corrected chi connectivity index (χ0v) is 26.9. The van der Waals surface area contributed by atoms with E-state index in [4.69, 9.17) is 21.1 Å². The van der Waals surface area contributed by atoms with Gasteiger partial charge in [0, 0.05) is 43.8 Å². The van der Waals surface area contributed by atoms with Gasteiger partial charge < -0.3 is 25.0 Å². The molecule has 246 valence electrons. The van der Waals surface area contributed by atoms with Gasteiger partial charge in [-0.15, -0.1) is 0 Å². The van der Waals surface area contributed by atoms with Crippen molar-refractivity contribution in [1.82, 2.24) is 9.88 Å². The van der Waals surface area contributed by atoms with Gasteiger partial charge in [-0.2, -0.15) is 0 Å². The first-order valence-corrected chi connectivity index (χ1v) is 15.7. The quantitative estimate of drug-likeness (QED) is 0.170. The number of nitrogens with one attached hydrogen (secondary N) is 2. The monoisotopic (exact) mass is 656 g/mol. The molecule has 1 aromatic heterocycles. The number of benzene rings is 2. The van der Waals surface area contributed by atoms with Crippen LogP contribution in [0.2, 0.25) is 5.02 Å². The second kappa shape index (κ2) is 16.4. The lowest BCUT2D eigenvalue weighted by Crippen LogP contribution is -2.34. The molecule has 0 radical (unpaired) electrons. The van der Waals surface area contributed by atoms with Crippen LogP contribution in [-0.2, 0) is 23.9 Å². The highest BCUT2D eigenvalue weighted by molar-refractivity contribution is 6.30. The van der Waals surface area contributed by atoms with Crippen molar-refractivity contribution in [1.29, 1.82) is 0 Å². The Morgan fingerprint density at radius 3 is 2.70 bits per heavy atom. The highest BCUT2D eigenvalue weighted by Crippen LogP contribution is 2.36. The number of esters is 1. The normalized spacial score (nSPS) is 16.8. The summed E-state index contributed by atoms with van der Waals surface area (Å²) in [6.07, 6.45) is 3.52. The molecule has 2 N–H and O–H groups in total. The van der Waals surface area contributed by atoms with Crippen LogP contribution in [0.4, 0.5) is 20.2 Å². The van der Waals surface area contributed by atoms with Gasteiger partial charge in [-0.1, -0.05) is 24.4 Å². The van der Waals surface area contributed by atoms with Crippen LogP contribution in [0, 0.1) is 11.6 Å². The molecule has 46 heavy (non-hydrogen) atoms. The van der Waals surface area contributed by atoms with E-state index in [0.29, 0.717) is 66.8 Å². The fourth-order valence-corrected chi connectivity index (χ4v) is 5.96. The van der Waals surface area contributed by atoms with Crippen molar-refractivity contribution in [3.05, 3.63) is 76.6 Å². The molecule has 0 saturated carbocycles. The number of likely N-dealkylation sites (N-methyl/N-ethyl adjacent to an activating group) is 1. The van der Waals surface area contributed by atoms with Gasteiger partial charge in [0.1, 0.15) is 18.0 Å². The van der Waals surface area contributed by atoms with Gasteiger partial charge in [-0.25, -0.2) is 13.6 Å². The zero-order chi connectivity index (χ0) is 33.2. The lowest BCUT2D eigenvalue weighted by atomic mass is 9.91. The van der Waals surface area contributed by atoms with E-state index in [0.717, 1.165) is 0 Å². The number of aromatic nitrogens is 1. The SMILES string of the molecule is CCOC(=O)C1CCCCC(C(=O)N(C)CCCC(OC=O)c2c(NC)ccc(Cl)c2F)c2cc(ccn2)-c2cc(F)ccc2N1. The minimum Gasteiger partial charge on any atom is -0.464 e. The number of carbonyl (C=O) groups is 3. The van der Waals surface area contributed by atoms with E-state index in [1.165, 1.54) is 18.2 Å². The van der Waals surface area contributed by atoms with Crippen molar-refractivity contribution in [3.8, 4) is 11.1 Å². The fraction of sp³-hybridized carbons (Fsp3) is 0.412. The molecular weight excluding hydrogens is 618 g/mol. The van der Waals surface area contributed by atoms with Crippen molar-refractivity contribution < 1.29 is 32.6 Å². The van der Waals surface area contributed by atoms with Crippen LogP contribution in [0.1, 0.15) is 68.7 Å². The highest BCUT2D eigenvalue weighted by Gasteiger charge is 2.29. The average Bonchev–Trinajstić information content (AvgIpc) is 3.05. The molecular formula is C34H39ClF2N4O5. The van der Waals surface area contributed by atoms with Crippen LogP contribution in [0.5, 0.6) is 0 Å². The lowest BCUT2D eigenvalue weighted by molar-refractivity contribution is -0.144. The van der Waals surface area contributed by atoms with Gasteiger partial charge in [-0.05, 0) is 80.6 Å². The molecule has 9 nitrogen and oxygen atoms in total. The van der Waals surface area contributed by atoms with Crippen molar-refractivity contribution in [2.45, 2.75) is 63.5 Å². The number of carbonyl (C=O) groups excluding carboxylic acids is 3. The van der Waals surface area contributed by atoms with Gasteiger partial charge >= 0.3 is 5.97 Å². The second-order valence-electron chi connectivity index (χ2n) is 11.1. The van der Waals surface area contributed by atoms with Crippen LogP contribution in [0.25, 0.3) is 11.1 Å². The van der Waals surface area contributed by atoms with Gasteiger partial charge in [0.2, 0.25) is 5.91 Å². The molecule has 0 saturated heterocycles. The maximum absolute atomic E-state index is 15.0. The Morgan fingerprint density at radius 2 is 1.96 bits per heavy atom. The Balaban J connectivity index is 1.56. The number of ether oxygens (including phenoxy) is 2. The van der Waals surface area contributed by atoms with Crippen LogP contribution in [-0.4, -0.2) is 61.5 Å². The molecule has 1 amide bonds. The largest absolute Gasteiger partial charge is 0.464 e. The van der Waals surface area contributed by atoms with E-state index in [1.54, 1.807) is 56.4 Å². The number of hydrogen-bond donors (Lipinski definition) is 2. The number of anilines is 2. The first-order valence-electron chi connectivity index (χ1n) is 15.4. The van der Waals surface area contributed by atoms with E-state index in [-0.39, 0.29) is 36.0 Å². The van der Waals surface area contributed by atoms with Gasteiger partial charge in [0.25, 0.3) is 6.47 Å². The first-order chi connectivity index (χ1) is 22.2. The summed E-state index contributed by atoms with van der Waals surface area (Å²) >= 11 is 6.02.